The predicted octanol–water partition coefficient (Wildman–Crippen LogP) is 2.27. The molecule has 0 saturated heterocycles. The average Bonchev–Trinajstić information content (AvgIpc) is 2.56. The summed E-state index contributed by atoms with van der Waals surface area (Å²) in [7, 11) is -4.67. The van der Waals surface area contributed by atoms with E-state index in [1.165, 1.54) is 0 Å². The standard InChI is InChI=1S/C16H17N2O5P/c19-10-11(23-24(20,21)22)9-17-16-12-5-1-3-7-14(12)18-15-8-4-2-6-13(15)16/h1-8,11,19H,9-10H2,(H,17,18)(H2,20,21,22)/t11-/m1/s1. The first kappa shape index (κ1) is 16.8. The molecule has 0 fully saturated rings. The maximum absolute atomic E-state index is 11.0. The molecule has 1 aromatic heterocycles. The topological polar surface area (TPSA) is 112 Å². The van der Waals surface area contributed by atoms with Crippen molar-refractivity contribution in [1.82, 2.24) is 4.98 Å². The number of rotatable bonds is 6. The van der Waals surface area contributed by atoms with Crippen LogP contribution in [-0.4, -0.2) is 39.1 Å². The van der Waals surface area contributed by atoms with Gasteiger partial charge in [0, 0.05) is 17.3 Å². The van der Waals surface area contributed by atoms with Crippen LogP contribution in [0.15, 0.2) is 48.5 Å². The highest BCUT2D eigenvalue weighted by molar-refractivity contribution is 7.46. The van der Waals surface area contributed by atoms with Crippen LogP contribution in [0, 0.1) is 0 Å². The fourth-order valence-electron chi connectivity index (χ4n) is 2.58. The van der Waals surface area contributed by atoms with E-state index in [0.717, 1.165) is 27.5 Å². The van der Waals surface area contributed by atoms with Gasteiger partial charge in [-0.25, -0.2) is 9.55 Å². The smallest absolute Gasteiger partial charge is 0.394 e. The molecule has 1 atom stereocenters. The van der Waals surface area contributed by atoms with Gasteiger partial charge in [0.15, 0.2) is 0 Å². The van der Waals surface area contributed by atoms with E-state index >= 15 is 0 Å². The summed E-state index contributed by atoms with van der Waals surface area (Å²) in [5, 5.41) is 14.2. The maximum atomic E-state index is 11.0. The largest absolute Gasteiger partial charge is 0.469 e. The van der Waals surface area contributed by atoms with Crippen LogP contribution < -0.4 is 5.32 Å². The van der Waals surface area contributed by atoms with Gasteiger partial charge in [-0.15, -0.1) is 0 Å². The third-order valence-corrected chi connectivity index (χ3v) is 4.16. The van der Waals surface area contributed by atoms with Crippen molar-refractivity contribution >= 4 is 35.3 Å². The number of aliphatic hydroxyl groups is 1. The van der Waals surface area contributed by atoms with Crippen molar-refractivity contribution in [2.24, 2.45) is 0 Å². The first-order valence-electron chi connectivity index (χ1n) is 7.34. The van der Waals surface area contributed by atoms with Crippen molar-refractivity contribution in [2.45, 2.75) is 6.10 Å². The lowest BCUT2D eigenvalue weighted by Gasteiger charge is -2.19. The van der Waals surface area contributed by atoms with Gasteiger partial charge in [-0.1, -0.05) is 36.4 Å². The number of aliphatic hydroxyl groups excluding tert-OH is 1. The first-order valence-corrected chi connectivity index (χ1v) is 8.87. The zero-order valence-corrected chi connectivity index (χ0v) is 13.6. The van der Waals surface area contributed by atoms with E-state index in [1.54, 1.807) is 0 Å². The predicted molar refractivity (Wildman–Crippen MR) is 91.7 cm³/mol. The number of fused-ring (bicyclic) bond motifs is 2. The third-order valence-electron chi connectivity index (χ3n) is 3.58. The molecule has 0 aliphatic heterocycles. The Morgan fingerprint density at radius 1 is 1.04 bits per heavy atom. The summed E-state index contributed by atoms with van der Waals surface area (Å²) in [4.78, 5) is 22.4. The molecule has 0 bridgehead atoms. The average molecular weight is 348 g/mol. The number of aromatic nitrogens is 1. The summed E-state index contributed by atoms with van der Waals surface area (Å²) in [5.74, 6) is 0. The Bertz CT molecular complexity index is 857. The monoisotopic (exact) mass is 348 g/mol. The van der Waals surface area contributed by atoms with Gasteiger partial charge in [0.05, 0.1) is 23.3 Å². The second-order valence-electron chi connectivity index (χ2n) is 5.30. The third kappa shape index (κ3) is 3.72. The van der Waals surface area contributed by atoms with Crippen LogP contribution in [0.25, 0.3) is 21.8 Å². The van der Waals surface area contributed by atoms with Gasteiger partial charge in [-0.2, -0.15) is 0 Å². The van der Waals surface area contributed by atoms with Gasteiger partial charge < -0.3 is 20.2 Å². The number of anilines is 1. The van der Waals surface area contributed by atoms with E-state index < -0.39 is 20.5 Å². The molecule has 126 valence electrons. The minimum atomic E-state index is -4.67. The molecule has 8 heteroatoms. The summed E-state index contributed by atoms with van der Waals surface area (Å²) in [6.45, 7) is -0.474. The molecule has 4 N–H and O–H groups in total. The number of hydrogen-bond acceptors (Lipinski definition) is 5. The molecule has 3 rings (SSSR count). The highest BCUT2D eigenvalue weighted by Gasteiger charge is 2.22. The molecule has 0 unspecified atom stereocenters. The minimum Gasteiger partial charge on any atom is -0.394 e. The first-order chi connectivity index (χ1) is 11.5. The van der Waals surface area contributed by atoms with Crippen LogP contribution in [0.2, 0.25) is 0 Å². The van der Waals surface area contributed by atoms with Gasteiger partial charge in [-0.3, -0.25) is 4.52 Å². The Morgan fingerprint density at radius 2 is 1.58 bits per heavy atom. The van der Waals surface area contributed by atoms with E-state index in [4.69, 9.17) is 9.79 Å². The number of phosphoric acid groups is 1. The Labute approximate surface area is 138 Å². The fraction of sp³-hybridized carbons (Fsp3) is 0.188. The van der Waals surface area contributed by atoms with Crippen molar-refractivity contribution in [3.05, 3.63) is 48.5 Å². The molecule has 1 heterocycles. The Kier molecular flexibility index (Phi) is 4.80. The molecule has 24 heavy (non-hydrogen) atoms. The molecular weight excluding hydrogens is 331 g/mol. The lowest BCUT2D eigenvalue weighted by Crippen LogP contribution is -2.26. The lowest BCUT2D eigenvalue weighted by atomic mass is 10.1. The molecule has 0 saturated carbocycles. The van der Waals surface area contributed by atoms with E-state index in [0.29, 0.717) is 0 Å². The van der Waals surface area contributed by atoms with Crippen LogP contribution in [0.4, 0.5) is 5.69 Å². The van der Waals surface area contributed by atoms with Crippen LogP contribution in [0.5, 0.6) is 0 Å². The number of nitrogens with one attached hydrogen (secondary N) is 1. The summed E-state index contributed by atoms with van der Waals surface area (Å²) < 4.78 is 15.5. The fourth-order valence-corrected chi connectivity index (χ4v) is 3.11. The molecule has 0 aliphatic rings. The molecule has 3 aromatic rings. The van der Waals surface area contributed by atoms with Crippen molar-refractivity contribution < 1.29 is 24.0 Å². The maximum Gasteiger partial charge on any atom is 0.469 e. The van der Waals surface area contributed by atoms with Gasteiger partial charge >= 0.3 is 7.82 Å². The second-order valence-corrected chi connectivity index (χ2v) is 6.49. The second kappa shape index (κ2) is 6.84. The highest BCUT2D eigenvalue weighted by atomic mass is 31.2. The number of phosphoric ester groups is 1. The summed E-state index contributed by atoms with van der Waals surface area (Å²) in [6, 6.07) is 15.2. The molecule has 0 amide bonds. The highest BCUT2D eigenvalue weighted by Crippen LogP contribution is 2.38. The van der Waals surface area contributed by atoms with Crippen molar-refractivity contribution in [2.75, 3.05) is 18.5 Å². The van der Waals surface area contributed by atoms with Gasteiger partial charge in [0.2, 0.25) is 0 Å². The van der Waals surface area contributed by atoms with E-state index in [-0.39, 0.29) is 6.54 Å². The normalized spacial score (nSPS) is 13.3. The number of benzene rings is 2. The van der Waals surface area contributed by atoms with Crippen LogP contribution >= 0.6 is 7.82 Å². The number of pyridine rings is 1. The van der Waals surface area contributed by atoms with E-state index in [1.807, 2.05) is 48.5 Å². The quantitative estimate of drug-likeness (QED) is 0.399. The zero-order chi connectivity index (χ0) is 17.2. The van der Waals surface area contributed by atoms with Crippen molar-refractivity contribution in [3.63, 3.8) is 0 Å². The van der Waals surface area contributed by atoms with Crippen LogP contribution in [-0.2, 0) is 9.09 Å². The Balaban J connectivity index is 1.99. The Morgan fingerprint density at radius 3 is 2.08 bits per heavy atom. The molecule has 0 radical (unpaired) electrons. The molecule has 0 aliphatic carbocycles. The summed E-state index contributed by atoms with van der Waals surface area (Å²) in [6.07, 6.45) is -1.03. The van der Waals surface area contributed by atoms with E-state index in [9.17, 15) is 9.67 Å². The molecule has 2 aromatic carbocycles. The number of hydrogen-bond donors (Lipinski definition) is 4. The van der Waals surface area contributed by atoms with Gasteiger partial charge in [-0.05, 0) is 12.1 Å². The zero-order valence-electron chi connectivity index (χ0n) is 12.7. The van der Waals surface area contributed by atoms with Crippen LogP contribution in [0.1, 0.15) is 0 Å². The number of nitrogens with zero attached hydrogens (tertiary/aromatic N) is 1. The summed E-state index contributed by atoms with van der Waals surface area (Å²) >= 11 is 0. The van der Waals surface area contributed by atoms with E-state index in [2.05, 4.69) is 14.8 Å². The van der Waals surface area contributed by atoms with Gasteiger partial charge in [0.25, 0.3) is 0 Å². The molecule has 7 nitrogen and oxygen atoms in total. The van der Waals surface area contributed by atoms with Crippen molar-refractivity contribution in [1.29, 1.82) is 0 Å². The molecule has 0 spiro atoms. The van der Waals surface area contributed by atoms with Gasteiger partial charge in [0.1, 0.15) is 6.10 Å². The Hall–Kier alpha value is -2.02. The minimum absolute atomic E-state index is 0.0413. The molecular formula is C16H17N2O5P. The number of para-hydroxylation sites is 2. The summed E-state index contributed by atoms with van der Waals surface area (Å²) in [5.41, 5.74) is 2.38. The van der Waals surface area contributed by atoms with Crippen molar-refractivity contribution in [3.8, 4) is 0 Å². The lowest BCUT2D eigenvalue weighted by molar-refractivity contribution is 0.0882. The SMILES string of the molecule is O=P(O)(O)O[C@@H](CO)CNc1c2ccccc2nc2ccccc12. The van der Waals surface area contributed by atoms with Crippen LogP contribution in [0.3, 0.4) is 0 Å².